The summed E-state index contributed by atoms with van der Waals surface area (Å²) in [7, 11) is 6.39. The number of aromatic amines is 1. The minimum Gasteiger partial charge on any atom is -0.495 e. The van der Waals surface area contributed by atoms with Gasteiger partial charge in [0.05, 0.1) is 25.3 Å². The van der Waals surface area contributed by atoms with E-state index in [1.54, 1.807) is 51.5 Å². The minimum atomic E-state index is -0.569. The number of nitrogens with one attached hydrogen (secondary N) is 2. The number of methoxy groups -OCH3 is 2. The Hall–Kier alpha value is -4.21. The Balaban J connectivity index is 1.74. The number of carbonyl (C=O) groups is 1. The molecule has 33 heavy (non-hydrogen) atoms. The average Bonchev–Trinajstić information content (AvgIpc) is 3.21. The molecule has 9 nitrogen and oxygen atoms in total. The fourth-order valence-electron chi connectivity index (χ4n) is 3.52. The first-order valence-electron chi connectivity index (χ1n) is 10.0. The van der Waals surface area contributed by atoms with Crippen molar-refractivity contribution in [3.05, 3.63) is 53.7 Å². The van der Waals surface area contributed by atoms with Gasteiger partial charge in [-0.05, 0) is 36.8 Å². The average molecular weight is 450 g/mol. The molecule has 0 saturated carbocycles. The number of H-pyrrole nitrogens is 1. The van der Waals surface area contributed by atoms with E-state index >= 15 is 0 Å². The quantitative estimate of drug-likeness (QED) is 0.429. The molecule has 4 aromatic rings. The maximum absolute atomic E-state index is 13.9. The molecule has 4 rings (SSSR count). The summed E-state index contributed by atoms with van der Waals surface area (Å²) in [5.41, 5.74) is 3.46. The van der Waals surface area contributed by atoms with Crippen LogP contribution in [0.15, 0.2) is 36.5 Å². The van der Waals surface area contributed by atoms with Gasteiger partial charge in [-0.2, -0.15) is 14.4 Å². The molecule has 3 heterocycles. The van der Waals surface area contributed by atoms with Gasteiger partial charge < -0.3 is 24.7 Å². The van der Waals surface area contributed by atoms with Crippen molar-refractivity contribution in [2.24, 2.45) is 0 Å². The summed E-state index contributed by atoms with van der Waals surface area (Å²) in [6.45, 7) is 1.72. The lowest BCUT2D eigenvalue weighted by Gasteiger charge is -2.14. The van der Waals surface area contributed by atoms with Crippen LogP contribution in [0.4, 0.5) is 16.0 Å². The van der Waals surface area contributed by atoms with E-state index in [4.69, 9.17) is 9.47 Å². The van der Waals surface area contributed by atoms with Gasteiger partial charge in [0.1, 0.15) is 11.4 Å². The molecule has 0 fully saturated rings. The summed E-state index contributed by atoms with van der Waals surface area (Å²) in [5, 5.41) is 3.73. The van der Waals surface area contributed by atoms with Gasteiger partial charge in [-0.25, -0.2) is 4.98 Å². The highest BCUT2D eigenvalue weighted by molar-refractivity contribution is 5.98. The molecule has 0 aliphatic rings. The molecular weight excluding hydrogens is 427 g/mol. The lowest BCUT2D eigenvalue weighted by Crippen LogP contribution is -2.21. The fraction of sp³-hybridized carbons (Fsp3) is 0.217. The van der Waals surface area contributed by atoms with E-state index < -0.39 is 5.95 Å². The number of aromatic nitrogens is 4. The van der Waals surface area contributed by atoms with Gasteiger partial charge in [0, 0.05) is 43.2 Å². The number of halogens is 1. The van der Waals surface area contributed by atoms with Crippen LogP contribution in [0.25, 0.3) is 22.2 Å². The van der Waals surface area contributed by atoms with Gasteiger partial charge in [0.25, 0.3) is 5.91 Å². The van der Waals surface area contributed by atoms with Gasteiger partial charge in [-0.15, -0.1) is 0 Å². The van der Waals surface area contributed by atoms with Crippen LogP contribution in [-0.2, 0) is 0 Å². The number of carbonyl (C=O) groups excluding carboxylic acids is 1. The number of hydrogen-bond acceptors (Lipinski definition) is 7. The number of fused-ring (bicyclic) bond motifs is 1. The normalized spacial score (nSPS) is 10.8. The molecule has 0 radical (unpaired) electrons. The second-order valence-corrected chi connectivity index (χ2v) is 7.54. The Morgan fingerprint density at radius 2 is 1.88 bits per heavy atom. The maximum atomic E-state index is 13.9. The molecule has 0 bridgehead atoms. The fourth-order valence-corrected chi connectivity index (χ4v) is 3.52. The highest BCUT2D eigenvalue weighted by Gasteiger charge is 2.18. The summed E-state index contributed by atoms with van der Waals surface area (Å²) in [4.78, 5) is 29.6. The Bertz CT molecular complexity index is 1330. The lowest BCUT2D eigenvalue weighted by molar-refractivity contribution is 0.0827. The number of anilines is 2. The molecule has 2 N–H and O–H groups in total. The van der Waals surface area contributed by atoms with Crippen LogP contribution in [0.1, 0.15) is 16.1 Å². The second-order valence-electron chi connectivity index (χ2n) is 7.54. The van der Waals surface area contributed by atoms with Crippen LogP contribution < -0.4 is 14.8 Å². The molecule has 1 amide bonds. The number of rotatable bonds is 6. The largest absolute Gasteiger partial charge is 0.495 e. The Morgan fingerprint density at radius 3 is 2.55 bits per heavy atom. The van der Waals surface area contributed by atoms with Crippen molar-refractivity contribution in [3.8, 4) is 22.8 Å². The van der Waals surface area contributed by atoms with E-state index in [1.165, 1.54) is 25.2 Å². The Labute approximate surface area is 189 Å². The smallest absolute Gasteiger partial charge is 0.253 e. The number of aryl methyl sites for hydroxylation is 1. The van der Waals surface area contributed by atoms with E-state index in [9.17, 15) is 9.18 Å². The molecule has 0 atom stereocenters. The molecule has 1 aromatic carbocycles. The lowest BCUT2D eigenvalue weighted by atomic mass is 10.1. The molecule has 0 unspecified atom stereocenters. The predicted octanol–water partition coefficient (Wildman–Crippen LogP) is 3.93. The van der Waals surface area contributed by atoms with E-state index in [0.717, 1.165) is 0 Å². The van der Waals surface area contributed by atoms with Gasteiger partial charge in [-0.3, -0.25) is 4.79 Å². The Kier molecular flexibility index (Phi) is 5.82. The van der Waals surface area contributed by atoms with Crippen LogP contribution >= 0.6 is 0 Å². The molecular formula is C23H23FN6O3. The molecule has 0 spiro atoms. The predicted molar refractivity (Wildman–Crippen MR) is 123 cm³/mol. The summed E-state index contributed by atoms with van der Waals surface area (Å²) >= 11 is 0. The number of hydrogen-bond donors (Lipinski definition) is 2. The SMILES string of the molecule is COc1cc(C(=O)N(C)C)ccc1Nc1nc(OC)c2c(-c3cc(C)nc(F)c3)c[nH]c2n1. The third kappa shape index (κ3) is 4.27. The van der Waals surface area contributed by atoms with Gasteiger partial charge in [0.2, 0.25) is 17.8 Å². The number of benzene rings is 1. The highest BCUT2D eigenvalue weighted by atomic mass is 19.1. The van der Waals surface area contributed by atoms with Crippen molar-refractivity contribution >= 4 is 28.6 Å². The first-order valence-corrected chi connectivity index (χ1v) is 10.0. The van der Waals surface area contributed by atoms with Crippen molar-refractivity contribution in [1.82, 2.24) is 24.8 Å². The van der Waals surface area contributed by atoms with Crippen molar-refractivity contribution < 1.29 is 18.7 Å². The molecule has 10 heteroatoms. The van der Waals surface area contributed by atoms with E-state index in [0.29, 0.717) is 50.7 Å². The monoisotopic (exact) mass is 450 g/mol. The molecule has 170 valence electrons. The summed E-state index contributed by atoms with van der Waals surface area (Å²) in [5.74, 6) is 0.323. The van der Waals surface area contributed by atoms with Crippen LogP contribution in [0.5, 0.6) is 11.6 Å². The van der Waals surface area contributed by atoms with Gasteiger partial charge in [0.15, 0.2) is 0 Å². The summed E-state index contributed by atoms with van der Waals surface area (Å²) in [6, 6.07) is 8.18. The van der Waals surface area contributed by atoms with Gasteiger partial charge in [-0.1, -0.05) is 0 Å². The molecule has 0 aliphatic heterocycles. The number of pyridine rings is 1. The van der Waals surface area contributed by atoms with Crippen LogP contribution in [0.2, 0.25) is 0 Å². The molecule has 3 aromatic heterocycles. The van der Waals surface area contributed by atoms with E-state index in [2.05, 4.69) is 25.3 Å². The number of amides is 1. The molecule has 0 aliphatic carbocycles. The Morgan fingerprint density at radius 1 is 1.09 bits per heavy atom. The number of ether oxygens (including phenoxy) is 2. The van der Waals surface area contributed by atoms with Crippen LogP contribution in [0, 0.1) is 12.9 Å². The zero-order valence-electron chi connectivity index (χ0n) is 18.9. The standard InChI is InChI=1S/C23H23FN6O3/c1-12-8-14(10-18(24)26-12)15-11-25-20-19(15)21(33-5)29-23(28-20)27-16-7-6-13(9-17(16)32-4)22(31)30(2)3/h6-11H,1-5H3,(H2,25,27,28,29). The first kappa shape index (κ1) is 22.0. The van der Waals surface area contributed by atoms with Crippen molar-refractivity contribution in [1.29, 1.82) is 0 Å². The third-order valence-electron chi connectivity index (χ3n) is 5.03. The highest BCUT2D eigenvalue weighted by Crippen LogP contribution is 2.36. The maximum Gasteiger partial charge on any atom is 0.253 e. The molecule has 0 saturated heterocycles. The third-order valence-corrected chi connectivity index (χ3v) is 5.03. The second kappa shape index (κ2) is 8.73. The van der Waals surface area contributed by atoms with Crippen molar-refractivity contribution in [2.45, 2.75) is 6.92 Å². The van der Waals surface area contributed by atoms with Gasteiger partial charge >= 0.3 is 0 Å². The van der Waals surface area contributed by atoms with Crippen LogP contribution in [0.3, 0.4) is 0 Å². The first-order chi connectivity index (χ1) is 15.8. The minimum absolute atomic E-state index is 0.138. The summed E-state index contributed by atoms with van der Waals surface area (Å²) < 4.78 is 24.8. The zero-order chi connectivity index (χ0) is 23.7. The van der Waals surface area contributed by atoms with Crippen molar-refractivity contribution in [3.63, 3.8) is 0 Å². The van der Waals surface area contributed by atoms with Crippen molar-refractivity contribution in [2.75, 3.05) is 33.6 Å². The van der Waals surface area contributed by atoms with Crippen LogP contribution in [-0.4, -0.2) is 59.1 Å². The zero-order valence-corrected chi connectivity index (χ0v) is 18.9. The van der Waals surface area contributed by atoms with E-state index in [-0.39, 0.29) is 11.9 Å². The van der Waals surface area contributed by atoms with E-state index in [1.807, 2.05) is 0 Å². The number of nitrogens with zero attached hydrogens (tertiary/aromatic N) is 4. The topological polar surface area (TPSA) is 105 Å². The summed E-state index contributed by atoms with van der Waals surface area (Å²) in [6.07, 6.45) is 1.72.